The van der Waals surface area contributed by atoms with Gasteiger partial charge in [-0.05, 0) is 107 Å². The molecule has 0 radical (unpaired) electrons. The molecule has 0 aliphatic heterocycles. The Morgan fingerprint density at radius 1 is 0.339 bits per heavy atom. The molecule has 0 saturated carbocycles. The van der Waals surface area contributed by atoms with Gasteiger partial charge in [0.2, 0.25) is 0 Å². The maximum atomic E-state index is 15.3. The number of alkyl halides is 6. The largest absolute Gasteiger partial charge is 0.478 e. The molecule has 0 fully saturated rings. The molecule has 0 aliphatic rings. The van der Waals surface area contributed by atoms with Crippen molar-refractivity contribution in [3.8, 4) is 67.3 Å². The van der Waals surface area contributed by atoms with Crippen molar-refractivity contribution in [2.24, 2.45) is 0 Å². The molecule has 310 valence electrons. The summed E-state index contributed by atoms with van der Waals surface area (Å²) in [5, 5.41) is 37.6. The number of hydrogen-bond acceptors (Lipinski definition) is 6. The van der Waals surface area contributed by atoms with Crippen LogP contribution < -0.4 is 0 Å². The van der Waals surface area contributed by atoms with Gasteiger partial charge in [-0.3, -0.25) is 0 Å². The average molecular weight is 849 g/mol. The number of carboxylic acids is 4. The van der Waals surface area contributed by atoms with Crippen LogP contribution in [0.25, 0.3) is 67.3 Å². The number of carbonyl (C=O) groups is 4. The second-order valence-electron chi connectivity index (χ2n) is 13.7. The van der Waals surface area contributed by atoms with Gasteiger partial charge < -0.3 is 20.4 Å². The maximum Gasteiger partial charge on any atom is 0.417 e. The Hall–Kier alpha value is -8.14. The molecule has 62 heavy (non-hydrogen) atoms. The molecule has 10 nitrogen and oxygen atoms in total. The van der Waals surface area contributed by atoms with Crippen LogP contribution in [0, 0.1) is 0 Å². The summed E-state index contributed by atoms with van der Waals surface area (Å²) in [7, 11) is 0. The second-order valence-corrected chi connectivity index (χ2v) is 13.7. The number of carboxylic acid groups (broad SMARTS) is 4. The number of benzene rings is 5. The fourth-order valence-electron chi connectivity index (χ4n) is 6.64. The highest BCUT2D eigenvalue weighted by Crippen LogP contribution is 2.47. The van der Waals surface area contributed by atoms with E-state index in [-0.39, 0.29) is 78.4 Å². The molecular weight excluding hydrogens is 822 g/mol. The van der Waals surface area contributed by atoms with Gasteiger partial charge in [0.05, 0.1) is 56.2 Å². The Bertz CT molecular complexity index is 2560. The number of rotatable bonds is 10. The maximum absolute atomic E-state index is 15.3. The topological polar surface area (TPSA) is 175 Å². The minimum atomic E-state index is -5.28. The lowest BCUT2D eigenvalue weighted by molar-refractivity contribution is -0.140. The molecule has 0 unspecified atom stereocenters. The standard InChI is InChI=1S/C46H26F6N2O8/c47-45(48,49)35-22-34(32-19-39(25-5-13-29(14-6-25)43(59)60)54-40(20-32)26-7-15-30(16-8-26)44(61)62)36(46(50,51)52)21-33(35)31-17-37(23-1-9-27(10-2-23)41(55)56)53-38(18-31)24-3-11-28(12-4-24)42(57)58/h1-22H,(H,55,56)(H,57,58)(H,59,60)(H,61,62). The molecule has 0 atom stereocenters. The molecule has 2 heterocycles. The van der Waals surface area contributed by atoms with Crippen molar-refractivity contribution >= 4 is 23.9 Å². The van der Waals surface area contributed by atoms with Gasteiger partial charge in [-0.15, -0.1) is 0 Å². The highest BCUT2D eigenvalue weighted by molar-refractivity contribution is 5.91. The van der Waals surface area contributed by atoms with Crippen LogP contribution in [-0.4, -0.2) is 54.3 Å². The van der Waals surface area contributed by atoms with Gasteiger partial charge in [-0.25, -0.2) is 29.1 Å². The summed E-state index contributed by atoms with van der Waals surface area (Å²) in [6, 6.07) is 25.5. The number of aromatic carboxylic acids is 4. The number of halogens is 6. The van der Waals surface area contributed by atoms with Crippen LogP contribution in [0.3, 0.4) is 0 Å². The van der Waals surface area contributed by atoms with E-state index in [1.165, 1.54) is 97.1 Å². The Morgan fingerprint density at radius 3 is 0.726 bits per heavy atom. The third-order valence-electron chi connectivity index (χ3n) is 9.75. The molecule has 7 rings (SSSR count). The molecule has 0 spiro atoms. The monoisotopic (exact) mass is 848 g/mol. The minimum Gasteiger partial charge on any atom is -0.478 e. The molecule has 5 aromatic carbocycles. The fourth-order valence-corrected chi connectivity index (χ4v) is 6.64. The van der Waals surface area contributed by atoms with Crippen molar-refractivity contribution < 1.29 is 65.9 Å². The zero-order valence-corrected chi connectivity index (χ0v) is 31.3. The normalized spacial score (nSPS) is 11.6. The van der Waals surface area contributed by atoms with E-state index in [2.05, 4.69) is 9.97 Å². The molecule has 4 N–H and O–H groups in total. The minimum absolute atomic E-state index is 0.0474. The summed E-state index contributed by atoms with van der Waals surface area (Å²) in [6.45, 7) is 0. The van der Waals surface area contributed by atoms with E-state index in [1.54, 1.807) is 0 Å². The van der Waals surface area contributed by atoms with E-state index in [0.29, 0.717) is 12.1 Å². The van der Waals surface area contributed by atoms with E-state index in [4.69, 9.17) is 0 Å². The summed E-state index contributed by atoms with van der Waals surface area (Å²) < 4.78 is 91.9. The third-order valence-corrected chi connectivity index (χ3v) is 9.75. The zero-order valence-electron chi connectivity index (χ0n) is 31.3. The third kappa shape index (κ3) is 8.74. The van der Waals surface area contributed by atoms with E-state index in [9.17, 15) is 39.6 Å². The molecule has 16 heteroatoms. The smallest absolute Gasteiger partial charge is 0.417 e. The number of aromatic nitrogens is 2. The van der Waals surface area contributed by atoms with Gasteiger partial charge in [0.25, 0.3) is 0 Å². The Labute approximate surface area is 345 Å². The van der Waals surface area contributed by atoms with Crippen LogP contribution in [0.5, 0.6) is 0 Å². The van der Waals surface area contributed by atoms with E-state index in [0.717, 1.165) is 24.3 Å². The summed E-state index contributed by atoms with van der Waals surface area (Å²) in [5.74, 6) is -5.08. The van der Waals surface area contributed by atoms with Crippen molar-refractivity contribution in [3.05, 3.63) is 167 Å². The molecule has 0 amide bonds. The fraction of sp³-hybridized carbons (Fsp3) is 0.0435. The van der Waals surface area contributed by atoms with Gasteiger partial charge in [-0.2, -0.15) is 26.3 Å². The SMILES string of the molecule is O=C(O)c1ccc(-c2cc(-c3cc(C(F)(F)F)c(-c4cc(-c5ccc(C(=O)O)cc5)nc(-c5ccc(C(=O)O)cc5)c4)cc3C(F)(F)F)cc(-c3ccc(C(=O)O)cc3)n2)cc1. The molecule has 0 bridgehead atoms. The van der Waals surface area contributed by atoms with Crippen LogP contribution >= 0.6 is 0 Å². The lowest BCUT2D eigenvalue weighted by atomic mass is 9.88. The van der Waals surface area contributed by atoms with E-state index in [1.807, 2.05) is 0 Å². The van der Waals surface area contributed by atoms with E-state index >= 15 is 26.3 Å². The van der Waals surface area contributed by atoms with Crippen LogP contribution in [0.15, 0.2) is 133 Å². The van der Waals surface area contributed by atoms with E-state index < -0.39 is 58.5 Å². The number of pyridine rings is 2. The van der Waals surface area contributed by atoms with Crippen LogP contribution in [0.4, 0.5) is 26.3 Å². The van der Waals surface area contributed by atoms with Crippen molar-refractivity contribution in [3.63, 3.8) is 0 Å². The number of nitrogens with zero attached hydrogens (tertiary/aromatic N) is 2. The van der Waals surface area contributed by atoms with Crippen LogP contribution in [0.1, 0.15) is 52.6 Å². The number of hydrogen-bond donors (Lipinski definition) is 4. The Balaban J connectivity index is 1.49. The average Bonchev–Trinajstić information content (AvgIpc) is 3.25. The highest BCUT2D eigenvalue weighted by atomic mass is 19.4. The lowest BCUT2D eigenvalue weighted by Crippen LogP contribution is -2.13. The van der Waals surface area contributed by atoms with Crippen molar-refractivity contribution in [1.82, 2.24) is 9.97 Å². The first kappa shape index (κ1) is 42.0. The predicted octanol–water partition coefficient (Wildman–Crippen LogP) is 11.3. The van der Waals surface area contributed by atoms with Gasteiger partial charge in [0.1, 0.15) is 0 Å². The summed E-state index contributed by atoms with van der Waals surface area (Å²) in [4.78, 5) is 55.1. The molecule has 0 aliphatic carbocycles. The van der Waals surface area contributed by atoms with Crippen LogP contribution in [-0.2, 0) is 12.4 Å². The first-order chi connectivity index (χ1) is 29.3. The van der Waals surface area contributed by atoms with Gasteiger partial charge in [0.15, 0.2) is 0 Å². The molecule has 0 saturated heterocycles. The Kier molecular flexibility index (Phi) is 10.9. The van der Waals surface area contributed by atoms with Crippen molar-refractivity contribution in [1.29, 1.82) is 0 Å². The molecule has 7 aromatic rings. The molecule has 2 aromatic heterocycles. The predicted molar refractivity (Wildman–Crippen MR) is 212 cm³/mol. The van der Waals surface area contributed by atoms with Gasteiger partial charge >= 0.3 is 36.2 Å². The summed E-state index contributed by atoms with van der Waals surface area (Å²) >= 11 is 0. The van der Waals surface area contributed by atoms with Crippen molar-refractivity contribution in [2.45, 2.75) is 12.4 Å². The van der Waals surface area contributed by atoms with Crippen molar-refractivity contribution in [2.75, 3.05) is 0 Å². The quantitative estimate of drug-likeness (QED) is 0.0969. The second kappa shape index (κ2) is 16.1. The summed E-state index contributed by atoms with van der Waals surface area (Å²) in [6.07, 6.45) is -10.6. The highest BCUT2D eigenvalue weighted by Gasteiger charge is 2.40. The Morgan fingerprint density at radius 2 is 0.548 bits per heavy atom. The summed E-state index contributed by atoms with van der Waals surface area (Å²) in [5.41, 5.74) is -5.40. The first-order valence-electron chi connectivity index (χ1n) is 18.0. The molecular formula is C46H26F6N2O8. The first-order valence-corrected chi connectivity index (χ1v) is 18.0. The zero-order chi connectivity index (χ0) is 44.7. The van der Waals surface area contributed by atoms with Gasteiger partial charge in [0, 0.05) is 22.3 Å². The lowest BCUT2D eigenvalue weighted by Gasteiger charge is -2.21. The van der Waals surface area contributed by atoms with Crippen LogP contribution in [0.2, 0.25) is 0 Å². The van der Waals surface area contributed by atoms with Gasteiger partial charge in [-0.1, -0.05) is 48.5 Å².